The Morgan fingerprint density at radius 2 is 2.29 bits per heavy atom. The van der Waals surface area contributed by atoms with E-state index in [1.54, 1.807) is 12.1 Å². The van der Waals surface area contributed by atoms with Gasteiger partial charge in [-0.15, -0.1) is 0 Å². The predicted molar refractivity (Wildman–Crippen MR) is 62.4 cm³/mol. The Kier molecular flexibility index (Phi) is 3.27. The van der Waals surface area contributed by atoms with E-state index < -0.39 is 5.91 Å². The van der Waals surface area contributed by atoms with Crippen LogP contribution in [-0.2, 0) is 11.2 Å². The van der Waals surface area contributed by atoms with E-state index >= 15 is 0 Å². The zero-order valence-corrected chi connectivity index (χ0v) is 9.35. The maximum atomic E-state index is 10.6. The minimum absolute atomic E-state index is 0.148. The lowest BCUT2D eigenvalue weighted by molar-refractivity contribution is -0.119. The summed E-state index contributed by atoms with van der Waals surface area (Å²) < 4.78 is 5.22. The number of hydrogen-bond donors (Lipinski definition) is 2. The summed E-state index contributed by atoms with van der Waals surface area (Å²) in [5.74, 6) is 0.0457. The number of ether oxygens (including phenoxy) is 1. The molecule has 0 saturated carbocycles. The first-order valence-corrected chi connectivity index (χ1v) is 5.46. The zero-order valence-electron chi connectivity index (χ0n) is 9.35. The van der Waals surface area contributed by atoms with Crippen LogP contribution in [0.25, 0.3) is 0 Å². The van der Waals surface area contributed by atoms with Crippen molar-refractivity contribution in [2.75, 3.05) is 6.61 Å². The minimum Gasteiger partial charge on any atom is -0.484 e. The molecule has 1 aliphatic carbocycles. The SMILES string of the molecule is NC(=O)COc1ccc2c(c1)/C(=N\O)CCC2. The van der Waals surface area contributed by atoms with Gasteiger partial charge in [0.05, 0.1) is 5.71 Å². The van der Waals surface area contributed by atoms with Gasteiger partial charge >= 0.3 is 0 Å². The molecule has 17 heavy (non-hydrogen) atoms. The zero-order chi connectivity index (χ0) is 12.3. The van der Waals surface area contributed by atoms with Gasteiger partial charge in [-0.3, -0.25) is 4.79 Å². The molecular weight excluding hydrogens is 220 g/mol. The average Bonchev–Trinajstić information content (AvgIpc) is 2.35. The number of amides is 1. The molecule has 90 valence electrons. The van der Waals surface area contributed by atoms with Gasteiger partial charge < -0.3 is 15.7 Å². The van der Waals surface area contributed by atoms with Gasteiger partial charge in [0.25, 0.3) is 5.91 Å². The van der Waals surface area contributed by atoms with E-state index in [0.717, 1.165) is 30.4 Å². The van der Waals surface area contributed by atoms with E-state index in [0.29, 0.717) is 11.5 Å². The summed E-state index contributed by atoms with van der Waals surface area (Å²) in [5.41, 5.74) is 7.69. The van der Waals surface area contributed by atoms with Crippen LogP contribution >= 0.6 is 0 Å². The van der Waals surface area contributed by atoms with Crippen molar-refractivity contribution < 1.29 is 14.7 Å². The summed E-state index contributed by atoms with van der Waals surface area (Å²) in [6.07, 6.45) is 2.70. The van der Waals surface area contributed by atoms with Gasteiger partial charge in [-0.05, 0) is 37.0 Å². The first-order chi connectivity index (χ1) is 8.20. The van der Waals surface area contributed by atoms with Gasteiger partial charge in [0.2, 0.25) is 0 Å². The smallest absolute Gasteiger partial charge is 0.255 e. The quantitative estimate of drug-likeness (QED) is 0.606. The van der Waals surface area contributed by atoms with Crippen LogP contribution in [0.3, 0.4) is 0 Å². The molecule has 2 rings (SSSR count). The highest BCUT2D eigenvalue weighted by Crippen LogP contribution is 2.25. The van der Waals surface area contributed by atoms with Gasteiger partial charge in [0, 0.05) is 5.56 Å². The largest absolute Gasteiger partial charge is 0.484 e. The lowest BCUT2D eigenvalue weighted by Crippen LogP contribution is -2.20. The summed E-state index contributed by atoms with van der Waals surface area (Å²) in [4.78, 5) is 10.6. The number of carbonyl (C=O) groups is 1. The molecule has 1 aliphatic rings. The van der Waals surface area contributed by atoms with Crippen LogP contribution in [0.15, 0.2) is 23.4 Å². The van der Waals surface area contributed by atoms with Crippen molar-refractivity contribution in [1.82, 2.24) is 0 Å². The standard InChI is InChI=1S/C12H14N2O3/c13-12(15)7-17-9-5-4-8-2-1-3-11(14-16)10(8)6-9/h4-6,16H,1-3,7H2,(H2,13,15)/b14-11-. The average molecular weight is 234 g/mol. The molecule has 0 unspecified atom stereocenters. The monoisotopic (exact) mass is 234 g/mol. The third-order valence-electron chi connectivity index (χ3n) is 2.75. The molecule has 1 aromatic carbocycles. The fourth-order valence-corrected chi connectivity index (χ4v) is 1.97. The summed E-state index contributed by atoms with van der Waals surface area (Å²) in [7, 11) is 0. The van der Waals surface area contributed by atoms with Crippen LogP contribution in [0.5, 0.6) is 5.75 Å². The molecule has 0 fully saturated rings. The van der Waals surface area contributed by atoms with Crippen LogP contribution in [-0.4, -0.2) is 23.4 Å². The van der Waals surface area contributed by atoms with Crippen molar-refractivity contribution in [2.24, 2.45) is 10.9 Å². The fraction of sp³-hybridized carbons (Fsp3) is 0.333. The lowest BCUT2D eigenvalue weighted by atomic mass is 9.90. The second-order valence-electron chi connectivity index (χ2n) is 3.97. The highest BCUT2D eigenvalue weighted by atomic mass is 16.5. The molecule has 0 radical (unpaired) electrons. The summed E-state index contributed by atoms with van der Waals surface area (Å²) in [6.45, 7) is -0.148. The van der Waals surface area contributed by atoms with Crippen molar-refractivity contribution in [2.45, 2.75) is 19.3 Å². The lowest BCUT2D eigenvalue weighted by Gasteiger charge is -2.17. The van der Waals surface area contributed by atoms with Crippen LogP contribution in [0.1, 0.15) is 24.0 Å². The molecule has 0 saturated heterocycles. The molecule has 0 aliphatic heterocycles. The number of rotatable bonds is 3. The molecule has 1 amide bonds. The highest BCUT2D eigenvalue weighted by Gasteiger charge is 2.16. The molecule has 0 heterocycles. The first-order valence-electron chi connectivity index (χ1n) is 5.46. The number of aryl methyl sites for hydroxylation is 1. The van der Waals surface area contributed by atoms with E-state index in [1.165, 1.54) is 0 Å². The molecule has 0 spiro atoms. The van der Waals surface area contributed by atoms with Crippen molar-refractivity contribution in [3.63, 3.8) is 0 Å². The van der Waals surface area contributed by atoms with Gasteiger partial charge in [0.1, 0.15) is 5.75 Å². The number of fused-ring (bicyclic) bond motifs is 1. The number of primary amides is 1. The van der Waals surface area contributed by atoms with Crippen molar-refractivity contribution in [1.29, 1.82) is 0 Å². The van der Waals surface area contributed by atoms with Crippen LogP contribution in [0.4, 0.5) is 0 Å². The van der Waals surface area contributed by atoms with E-state index in [2.05, 4.69) is 5.16 Å². The molecule has 0 atom stereocenters. The molecule has 3 N–H and O–H groups in total. The Hall–Kier alpha value is -2.04. The second kappa shape index (κ2) is 4.86. The summed E-state index contributed by atoms with van der Waals surface area (Å²) >= 11 is 0. The Morgan fingerprint density at radius 3 is 3.00 bits per heavy atom. The van der Waals surface area contributed by atoms with E-state index in [4.69, 9.17) is 15.7 Å². The van der Waals surface area contributed by atoms with E-state index in [9.17, 15) is 4.79 Å². The molecule has 0 aromatic heterocycles. The Bertz CT molecular complexity index is 469. The van der Waals surface area contributed by atoms with Crippen molar-refractivity contribution in [3.05, 3.63) is 29.3 Å². The fourth-order valence-electron chi connectivity index (χ4n) is 1.97. The van der Waals surface area contributed by atoms with E-state index in [-0.39, 0.29) is 6.61 Å². The maximum absolute atomic E-state index is 10.6. The van der Waals surface area contributed by atoms with Gasteiger partial charge in [0.15, 0.2) is 6.61 Å². The third-order valence-corrected chi connectivity index (χ3v) is 2.75. The van der Waals surface area contributed by atoms with Crippen LogP contribution < -0.4 is 10.5 Å². The van der Waals surface area contributed by atoms with Gasteiger partial charge in [-0.1, -0.05) is 11.2 Å². The van der Waals surface area contributed by atoms with Crippen LogP contribution in [0.2, 0.25) is 0 Å². The Labute approximate surface area is 98.9 Å². The molecule has 0 bridgehead atoms. The molecule has 1 aromatic rings. The van der Waals surface area contributed by atoms with Crippen molar-refractivity contribution in [3.8, 4) is 5.75 Å². The first kappa shape index (κ1) is 11.4. The number of hydrogen-bond acceptors (Lipinski definition) is 4. The minimum atomic E-state index is -0.515. The highest BCUT2D eigenvalue weighted by molar-refractivity contribution is 6.02. The summed E-state index contributed by atoms with van der Waals surface area (Å²) in [5, 5.41) is 12.2. The Morgan fingerprint density at radius 1 is 1.47 bits per heavy atom. The summed E-state index contributed by atoms with van der Waals surface area (Å²) in [6, 6.07) is 5.50. The second-order valence-corrected chi connectivity index (χ2v) is 3.97. The number of nitrogens with two attached hydrogens (primary N) is 1. The third kappa shape index (κ3) is 2.55. The van der Waals surface area contributed by atoms with Gasteiger partial charge in [-0.2, -0.15) is 0 Å². The number of nitrogens with zero attached hydrogens (tertiary/aromatic N) is 1. The van der Waals surface area contributed by atoms with Gasteiger partial charge in [-0.25, -0.2) is 0 Å². The Balaban J connectivity index is 2.25. The predicted octanol–water partition coefficient (Wildman–Crippen LogP) is 1.07. The van der Waals surface area contributed by atoms with Crippen LogP contribution in [0, 0.1) is 0 Å². The maximum Gasteiger partial charge on any atom is 0.255 e. The van der Waals surface area contributed by atoms with E-state index in [1.807, 2.05) is 6.07 Å². The number of oxime groups is 1. The normalized spacial score (nSPS) is 16.6. The number of carbonyl (C=O) groups excluding carboxylic acids is 1. The molecular formula is C12H14N2O3. The number of benzene rings is 1. The molecule has 5 heteroatoms. The molecule has 5 nitrogen and oxygen atoms in total. The van der Waals surface area contributed by atoms with Crippen molar-refractivity contribution >= 4 is 11.6 Å². The topological polar surface area (TPSA) is 84.9 Å².